The molecular weight excluding hydrogens is 194 g/mol. The van der Waals surface area contributed by atoms with E-state index in [1.165, 1.54) is 18.9 Å². The summed E-state index contributed by atoms with van der Waals surface area (Å²) < 4.78 is 5.44. The standard InChI is InChI=1S/C10H23NO2Si/c1-14(2,3)9-8-12-10-13-11-6-4-5-7-11/h4-10H2,1-3H3. The Balaban J connectivity index is 1.89. The molecule has 0 bridgehead atoms. The Bertz CT molecular complexity index is 153. The Kier molecular flexibility index (Phi) is 5.09. The predicted octanol–water partition coefficient (Wildman–Crippen LogP) is 2.33. The second-order valence-electron chi connectivity index (χ2n) is 5.10. The molecule has 0 aliphatic carbocycles. The second kappa shape index (κ2) is 5.85. The van der Waals surface area contributed by atoms with Crippen molar-refractivity contribution in [3.05, 3.63) is 0 Å². The average Bonchev–Trinajstić information content (AvgIpc) is 2.54. The number of rotatable bonds is 6. The van der Waals surface area contributed by atoms with Gasteiger partial charge in [0.05, 0.1) is 0 Å². The molecule has 14 heavy (non-hydrogen) atoms. The van der Waals surface area contributed by atoms with Gasteiger partial charge < -0.3 is 4.74 Å². The third kappa shape index (κ3) is 5.75. The van der Waals surface area contributed by atoms with E-state index in [0.29, 0.717) is 6.79 Å². The lowest BCUT2D eigenvalue weighted by Gasteiger charge is -2.17. The summed E-state index contributed by atoms with van der Waals surface area (Å²) in [5.41, 5.74) is 0. The van der Waals surface area contributed by atoms with E-state index in [2.05, 4.69) is 19.6 Å². The number of nitrogens with zero attached hydrogens (tertiary/aromatic N) is 1. The van der Waals surface area contributed by atoms with E-state index < -0.39 is 8.07 Å². The molecule has 0 saturated carbocycles. The topological polar surface area (TPSA) is 21.7 Å². The number of ether oxygens (including phenoxy) is 1. The van der Waals surface area contributed by atoms with Crippen LogP contribution in [0.4, 0.5) is 0 Å². The van der Waals surface area contributed by atoms with E-state index in [0.717, 1.165) is 19.7 Å². The summed E-state index contributed by atoms with van der Waals surface area (Å²) in [6, 6.07) is 1.22. The van der Waals surface area contributed by atoms with Crippen LogP contribution in [0.15, 0.2) is 0 Å². The van der Waals surface area contributed by atoms with E-state index >= 15 is 0 Å². The molecule has 0 N–H and O–H groups in total. The van der Waals surface area contributed by atoms with Crippen molar-refractivity contribution in [3.63, 3.8) is 0 Å². The number of hydrogen-bond donors (Lipinski definition) is 0. The van der Waals surface area contributed by atoms with Crippen molar-refractivity contribution in [2.75, 3.05) is 26.5 Å². The Hall–Kier alpha value is 0.0969. The van der Waals surface area contributed by atoms with Crippen LogP contribution in [0.3, 0.4) is 0 Å². The maximum absolute atomic E-state index is 5.44. The van der Waals surface area contributed by atoms with E-state index in [-0.39, 0.29) is 0 Å². The van der Waals surface area contributed by atoms with Crippen LogP contribution >= 0.6 is 0 Å². The van der Waals surface area contributed by atoms with Gasteiger partial charge in [-0.15, -0.1) is 0 Å². The van der Waals surface area contributed by atoms with Crippen LogP contribution < -0.4 is 0 Å². The fourth-order valence-electron chi connectivity index (χ4n) is 1.37. The summed E-state index contributed by atoms with van der Waals surface area (Å²) in [5, 5.41) is 2.01. The summed E-state index contributed by atoms with van der Waals surface area (Å²) in [5.74, 6) is 0. The van der Waals surface area contributed by atoms with Gasteiger partial charge in [0.2, 0.25) is 0 Å². The van der Waals surface area contributed by atoms with Gasteiger partial charge in [-0.25, -0.2) is 0 Å². The average molecular weight is 217 g/mol. The van der Waals surface area contributed by atoms with Crippen LogP contribution in [0.25, 0.3) is 0 Å². The van der Waals surface area contributed by atoms with Crippen LogP contribution in [0.1, 0.15) is 12.8 Å². The van der Waals surface area contributed by atoms with Gasteiger partial charge in [-0.05, 0) is 18.9 Å². The molecule has 0 aromatic rings. The van der Waals surface area contributed by atoms with Gasteiger partial charge in [0.25, 0.3) is 0 Å². The maximum Gasteiger partial charge on any atom is 0.167 e. The minimum absolute atomic E-state index is 0.435. The lowest BCUT2D eigenvalue weighted by atomic mass is 10.4. The van der Waals surface area contributed by atoms with Crippen molar-refractivity contribution in [3.8, 4) is 0 Å². The Labute approximate surface area is 88.3 Å². The first-order valence-corrected chi connectivity index (χ1v) is 9.24. The third-order valence-electron chi connectivity index (χ3n) is 2.38. The second-order valence-corrected chi connectivity index (χ2v) is 10.7. The van der Waals surface area contributed by atoms with Crippen LogP contribution in [0.5, 0.6) is 0 Å². The molecule has 0 unspecified atom stereocenters. The highest BCUT2D eigenvalue weighted by atomic mass is 28.3. The molecule has 1 fully saturated rings. The van der Waals surface area contributed by atoms with E-state index in [9.17, 15) is 0 Å². The molecule has 0 spiro atoms. The quantitative estimate of drug-likeness (QED) is 0.387. The SMILES string of the molecule is C[Si](C)(C)CCOCON1CCCC1. The van der Waals surface area contributed by atoms with Crippen molar-refractivity contribution in [2.45, 2.75) is 38.5 Å². The molecule has 4 heteroatoms. The van der Waals surface area contributed by atoms with Gasteiger partial charge in [0.1, 0.15) is 0 Å². The molecule has 84 valence electrons. The van der Waals surface area contributed by atoms with Gasteiger partial charge in [-0.1, -0.05) is 19.6 Å². The van der Waals surface area contributed by atoms with Crippen LogP contribution in [0, 0.1) is 0 Å². The molecule has 0 atom stereocenters. The van der Waals surface area contributed by atoms with Gasteiger partial charge >= 0.3 is 0 Å². The van der Waals surface area contributed by atoms with Crippen molar-refractivity contribution < 1.29 is 9.57 Å². The molecule has 3 nitrogen and oxygen atoms in total. The summed E-state index contributed by atoms with van der Waals surface area (Å²) in [6.07, 6.45) is 2.52. The highest BCUT2D eigenvalue weighted by Crippen LogP contribution is 2.09. The first-order chi connectivity index (χ1) is 6.58. The molecule has 0 aromatic heterocycles. The summed E-state index contributed by atoms with van der Waals surface area (Å²) >= 11 is 0. The van der Waals surface area contributed by atoms with Crippen LogP contribution in [-0.4, -0.2) is 39.6 Å². The molecule has 1 rings (SSSR count). The molecule has 0 radical (unpaired) electrons. The first kappa shape index (κ1) is 12.2. The lowest BCUT2D eigenvalue weighted by molar-refractivity contribution is -0.212. The summed E-state index contributed by atoms with van der Waals surface area (Å²) in [6.45, 7) is 10.5. The van der Waals surface area contributed by atoms with Gasteiger partial charge in [-0.2, -0.15) is 5.06 Å². The van der Waals surface area contributed by atoms with Crippen molar-refractivity contribution in [2.24, 2.45) is 0 Å². The normalized spacial score (nSPS) is 19.1. The highest BCUT2D eigenvalue weighted by Gasteiger charge is 2.13. The molecule has 1 heterocycles. The molecule has 1 aliphatic rings. The van der Waals surface area contributed by atoms with Crippen LogP contribution in [-0.2, 0) is 9.57 Å². The smallest absolute Gasteiger partial charge is 0.167 e. The summed E-state index contributed by atoms with van der Waals surface area (Å²) in [4.78, 5) is 5.44. The lowest BCUT2D eigenvalue weighted by Crippen LogP contribution is -2.24. The zero-order valence-corrected chi connectivity index (χ0v) is 10.7. The summed E-state index contributed by atoms with van der Waals surface area (Å²) in [7, 11) is -0.933. The fraction of sp³-hybridized carbons (Fsp3) is 1.00. The third-order valence-corrected chi connectivity index (χ3v) is 4.08. The fourth-order valence-corrected chi connectivity index (χ4v) is 2.12. The Morgan fingerprint density at radius 2 is 1.79 bits per heavy atom. The van der Waals surface area contributed by atoms with Crippen LogP contribution in [0.2, 0.25) is 25.7 Å². The largest absolute Gasteiger partial charge is 0.354 e. The van der Waals surface area contributed by atoms with Crippen molar-refractivity contribution >= 4 is 8.07 Å². The zero-order chi connectivity index (χ0) is 10.4. The first-order valence-electron chi connectivity index (χ1n) is 5.53. The van der Waals surface area contributed by atoms with Gasteiger partial charge in [0, 0.05) is 27.8 Å². The van der Waals surface area contributed by atoms with Crippen molar-refractivity contribution in [1.82, 2.24) is 5.06 Å². The number of hydroxylamine groups is 2. The minimum atomic E-state index is -0.933. The van der Waals surface area contributed by atoms with E-state index in [1.54, 1.807) is 0 Å². The molecular formula is C10H23NO2Si. The maximum atomic E-state index is 5.44. The van der Waals surface area contributed by atoms with Gasteiger partial charge in [-0.3, -0.25) is 4.84 Å². The monoisotopic (exact) mass is 217 g/mol. The zero-order valence-electron chi connectivity index (χ0n) is 9.71. The minimum Gasteiger partial charge on any atom is -0.354 e. The Morgan fingerprint density at radius 1 is 1.14 bits per heavy atom. The van der Waals surface area contributed by atoms with E-state index in [1.807, 2.05) is 5.06 Å². The van der Waals surface area contributed by atoms with Gasteiger partial charge in [0.15, 0.2) is 6.79 Å². The molecule has 0 aromatic carbocycles. The highest BCUT2D eigenvalue weighted by molar-refractivity contribution is 6.76. The predicted molar refractivity (Wildman–Crippen MR) is 60.9 cm³/mol. The Morgan fingerprint density at radius 3 is 2.36 bits per heavy atom. The molecule has 0 amide bonds. The molecule has 1 aliphatic heterocycles. The number of hydrogen-bond acceptors (Lipinski definition) is 3. The molecule has 1 saturated heterocycles. The van der Waals surface area contributed by atoms with E-state index in [4.69, 9.17) is 9.57 Å². The van der Waals surface area contributed by atoms with Crippen molar-refractivity contribution in [1.29, 1.82) is 0 Å².